The minimum absolute atomic E-state index is 0.0126. The average molecular weight is 299 g/mol. The third-order valence-corrected chi connectivity index (χ3v) is 3.37. The zero-order valence-corrected chi connectivity index (χ0v) is 12.0. The summed E-state index contributed by atoms with van der Waals surface area (Å²) in [4.78, 5) is 11.9. The van der Waals surface area contributed by atoms with E-state index < -0.39 is 5.41 Å². The quantitative estimate of drug-likeness (QED) is 0.898. The normalized spacial score (nSPS) is 13.2. The van der Waals surface area contributed by atoms with E-state index in [-0.39, 0.29) is 11.9 Å². The van der Waals surface area contributed by atoms with Crippen LogP contribution in [0, 0.1) is 5.41 Å². The van der Waals surface area contributed by atoms with E-state index in [2.05, 4.69) is 21.2 Å². The molecule has 0 aliphatic heterocycles. The Morgan fingerprint density at radius 3 is 2.41 bits per heavy atom. The van der Waals surface area contributed by atoms with E-state index in [4.69, 9.17) is 5.73 Å². The number of halogens is 1. The van der Waals surface area contributed by atoms with Crippen LogP contribution in [0.15, 0.2) is 28.7 Å². The number of carbonyl (C=O) groups is 1. The largest absolute Gasteiger partial charge is 0.349 e. The van der Waals surface area contributed by atoms with Crippen LogP contribution in [0.2, 0.25) is 0 Å². The average Bonchev–Trinajstić information content (AvgIpc) is 2.29. The standard InChI is InChI=1S/C13H19BrN2O/c1-9(10-4-6-11(14)7-5-10)16-12(17)13(2,3)8-15/h4-7,9H,8,15H2,1-3H3,(H,16,17)/t9-/m0/s1. The summed E-state index contributed by atoms with van der Waals surface area (Å²) in [7, 11) is 0. The number of amides is 1. The van der Waals surface area contributed by atoms with Gasteiger partial charge in [0, 0.05) is 11.0 Å². The fourth-order valence-corrected chi connectivity index (χ4v) is 1.58. The molecule has 0 spiro atoms. The van der Waals surface area contributed by atoms with E-state index in [0.29, 0.717) is 6.54 Å². The third-order valence-electron chi connectivity index (χ3n) is 2.84. The van der Waals surface area contributed by atoms with E-state index >= 15 is 0 Å². The molecule has 0 aromatic heterocycles. The van der Waals surface area contributed by atoms with Crippen molar-refractivity contribution < 1.29 is 4.79 Å². The maximum atomic E-state index is 11.9. The van der Waals surface area contributed by atoms with Gasteiger partial charge in [-0.15, -0.1) is 0 Å². The van der Waals surface area contributed by atoms with Gasteiger partial charge >= 0.3 is 0 Å². The summed E-state index contributed by atoms with van der Waals surface area (Å²) in [6, 6.07) is 7.90. The number of benzene rings is 1. The van der Waals surface area contributed by atoms with E-state index in [1.165, 1.54) is 0 Å². The van der Waals surface area contributed by atoms with Crippen molar-refractivity contribution in [1.82, 2.24) is 5.32 Å². The minimum atomic E-state index is -0.524. The fraction of sp³-hybridized carbons (Fsp3) is 0.462. The lowest BCUT2D eigenvalue weighted by Crippen LogP contribution is -2.42. The molecule has 4 heteroatoms. The van der Waals surface area contributed by atoms with Gasteiger partial charge in [-0.25, -0.2) is 0 Å². The van der Waals surface area contributed by atoms with Gasteiger partial charge in [-0.2, -0.15) is 0 Å². The second-order valence-corrected chi connectivity index (χ2v) is 5.75. The third kappa shape index (κ3) is 3.82. The van der Waals surface area contributed by atoms with Crippen LogP contribution in [0.5, 0.6) is 0 Å². The first kappa shape index (κ1) is 14.2. The van der Waals surface area contributed by atoms with Crippen LogP contribution in [-0.4, -0.2) is 12.5 Å². The maximum Gasteiger partial charge on any atom is 0.227 e. The van der Waals surface area contributed by atoms with Crippen molar-refractivity contribution >= 4 is 21.8 Å². The smallest absolute Gasteiger partial charge is 0.227 e. The highest BCUT2D eigenvalue weighted by atomic mass is 79.9. The fourth-order valence-electron chi connectivity index (χ4n) is 1.32. The molecular weight excluding hydrogens is 280 g/mol. The zero-order chi connectivity index (χ0) is 13.1. The molecule has 3 N–H and O–H groups in total. The topological polar surface area (TPSA) is 55.1 Å². The van der Waals surface area contributed by atoms with Crippen LogP contribution in [-0.2, 0) is 4.79 Å². The Labute approximate surface area is 111 Å². The molecule has 3 nitrogen and oxygen atoms in total. The summed E-state index contributed by atoms with van der Waals surface area (Å²) in [5.41, 5.74) is 6.13. The van der Waals surface area contributed by atoms with Gasteiger partial charge in [-0.3, -0.25) is 4.79 Å². The lowest BCUT2D eigenvalue weighted by Gasteiger charge is -2.24. The summed E-state index contributed by atoms with van der Waals surface area (Å²) in [6.45, 7) is 5.99. The monoisotopic (exact) mass is 298 g/mol. The first-order valence-electron chi connectivity index (χ1n) is 5.63. The van der Waals surface area contributed by atoms with Crippen molar-refractivity contribution in [2.24, 2.45) is 11.1 Å². The second-order valence-electron chi connectivity index (χ2n) is 4.83. The van der Waals surface area contributed by atoms with Crippen molar-refractivity contribution in [3.8, 4) is 0 Å². The van der Waals surface area contributed by atoms with E-state index in [1.54, 1.807) is 0 Å². The highest BCUT2D eigenvalue weighted by Gasteiger charge is 2.26. The number of nitrogens with two attached hydrogens (primary N) is 1. The van der Waals surface area contributed by atoms with E-state index in [9.17, 15) is 4.79 Å². The highest BCUT2D eigenvalue weighted by molar-refractivity contribution is 9.10. The molecule has 94 valence electrons. The Bertz CT molecular complexity index is 387. The van der Waals surface area contributed by atoms with Crippen molar-refractivity contribution in [2.45, 2.75) is 26.8 Å². The summed E-state index contributed by atoms with van der Waals surface area (Å²) < 4.78 is 1.03. The lowest BCUT2D eigenvalue weighted by atomic mass is 9.92. The van der Waals surface area contributed by atoms with Crippen LogP contribution in [0.3, 0.4) is 0 Å². The van der Waals surface area contributed by atoms with Crippen molar-refractivity contribution in [1.29, 1.82) is 0 Å². The van der Waals surface area contributed by atoms with Gasteiger partial charge in [0.1, 0.15) is 0 Å². The van der Waals surface area contributed by atoms with Gasteiger partial charge in [-0.1, -0.05) is 28.1 Å². The van der Waals surface area contributed by atoms with Crippen molar-refractivity contribution in [3.05, 3.63) is 34.3 Å². The van der Waals surface area contributed by atoms with E-state index in [1.807, 2.05) is 45.0 Å². The van der Waals surface area contributed by atoms with Crippen molar-refractivity contribution in [2.75, 3.05) is 6.54 Å². The van der Waals surface area contributed by atoms with Crippen molar-refractivity contribution in [3.63, 3.8) is 0 Å². The number of nitrogens with one attached hydrogen (secondary N) is 1. The number of rotatable bonds is 4. The Morgan fingerprint density at radius 2 is 1.94 bits per heavy atom. The summed E-state index contributed by atoms with van der Waals surface area (Å²) >= 11 is 3.38. The second kappa shape index (κ2) is 5.65. The van der Waals surface area contributed by atoms with E-state index in [0.717, 1.165) is 10.0 Å². The zero-order valence-electron chi connectivity index (χ0n) is 10.5. The van der Waals surface area contributed by atoms with Gasteiger partial charge in [0.15, 0.2) is 0 Å². The molecule has 0 aliphatic rings. The highest BCUT2D eigenvalue weighted by Crippen LogP contribution is 2.19. The number of hydrogen-bond acceptors (Lipinski definition) is 2. The van der Waals surface area contributed by atoms with Crippen LogP contribution in [0.25, 0.3) is 0 Å². The first-order chi connectivity index (χ1) is 7.86. The van der Waals surface area contributed by atoms with Gasteiger partial charge in [0.25, 0.3) is 0 Å². The molecule has 0 radical (unpaired) electrons. The Morgan fingerprint density at radius 1 is 1.41 bits per heavy atom. The molecule has 17 heavy (non-hydrogen) atoms. The Kier molecular flexibility index (Phi) is 4.71. The molecule has 0 heterocycles. The summed E-state index contributed by atoms with van der Waals surface area (Å²) in [5, 5.41) is 2.97. The lowest BCUT2D eigenvalue weighted by molar-refractivity contribution is -0.129. The SMILES string of the molecule is C[C@H](NC(=O)C(C)(C)CN)c1ccc(Br)cc1. The van der Waals surface area contributed by atoms with Gasteiger partial charge in [0.05, 0.1) is 11.5 Å². The first-order valence-corrected chi connectivity index (χ1v) is 6.42. The number of carbonyl (C=O) groups excluding carboxylic acids is 1. The summed E-state index contributed by atoms with van der Waals surface area (Å²) in [5.74, 6) is -0.0181. The van der Waals surface area contributed by atoms with Crippen LogP contribution in [0.4, 0.5) is 0 Å². The molecule has 1 atom stereocenters. The molecular formula is C13H19BrN2O. The molecule has 1 amide bonds. The molecule has 0 aliphatic carbocycles. The molecule has 1 aromatic carbocycles. The molecule has 1 rings (SSSR count). The van der Waals surface area contributed by atoms with Gasteiger partial charge < -0.3 is 11.1 Å². The van der Waals surface area contributed by atoms with Crippen LogP contribution >= 0.6 is 15.9 Å². The molecule has 0 saturated carbocycles. The summed E-state index contributed by atoms with van der Waals surface area (Å²) in [6.07, 6.45) is 0. The molecule has 0 fully saturated rings. The Balaban J connectivity index is 2.70. The Hall–Kier alpha value is -0.870. The maximum absolute atomic E-state index is 11.9. The van der Waals surface area contributed by atoms with Crippen LogP contribution < -0.4 is 11.1 Å². The van der Waals surface area contributed by atoms with Crippen LogP contribution in [0.1, 0.15) is 32.4 Å². The minimum Gasteiger partial charge on any atom is -0.349 e. The molecule has 0 bridgehead atoms. The predicted molar refractivity (Wildman–Crippen MR) is 73.5 cm³/mol. The predicted octanol–water partition coefficient (Wildman–Crippen LogP) is 2.61. The van der Waals surface area contributed by atoms with Gasteiger partial charge in [-0.05, 0) is 38.5 Å². The molecule has 1 aromatic rings. The molecule has 0 saturated heterocycles. The molecule has 0 unspecified atom stereocenters. The van der Waals surface area contributed by atoms with Gasteiger partial charge in [0.2, 0.25) is 5.91 Å². The number of hydrogen-bond donors (Lipinski definition) is 2.